The average Bonchev–Trinajstić information content (AvgIpc) is 2.71. The predicted octanol–water partition coefficient (Wildman–Crippen LogP) is 1.81. The zero-order chi connectivity index (χ0) is 14.0. The molecule has 2 rings (SSSR count). The molecule has 0 spiro atoms. The smallest absolute Gasteiger partial charge is 0.371 e. The van der Waals surface area contributed by atoms with Crippen LogP contribution in [0.4, 0.5) is 0 Å². The number of piperazine rings is 1. The Morgan fingerprint density at radius 2 is 2.26 bits per heavy atom. The fraction of sp³-hybridized carbons (Fsp3) is 0.643. The van der Waals surface area contributed by atoms with E-state index in [2.05, 4.69) is 23.6 Å². The minimum atomic E-state index is -1.00. The maximum absolute atomic E-state index is 10.9. The number of likely N-dealkylation sites (N-methyl/N-ethyl adjacent to an activating group) is 1. The predicted molar refractivity (Wildman–Crippen MR) is 72.4 cm³/mol. The van der Waals surface area contributed by atoms with Crippen molar-refractivity contribution in [3.63, 3.8) is 0 Å². The largest absolute Gasteiger partial charge is 0.475 e. The zero-order valence-corrected chi connectivity index (χ0v) is 11.8. The molecule has 19 heavy (non-hydrogen) atoms. The number of hydrogen-bond acceptors (Lipinski definition) is 4. The Bertz CT molecular complexity index is 456. The first kappa shape index (κ1) is 14.1. The van der Waals surface area contributed by atoms with Gasteiger partial charge in [0.1, 0.15) is 5.76 Å². The molecule has 1 aromatic rings. The van der Waals surface area contributed by atoms with Gasteiger partial charge in [-0.25, -0.2) is 4.79 Å². The van der Waals surface area contributed by atoms with Crippen LogP contribution in [0.3, 0.4) is 0 Å². The van der Waals surface area contributed by atoms with E-state index in [-0.39, 0.29) is 5.76 Å². The molecule has 106 valence electrons. The first-order valence-corrected chi connectivity index (χ1v) is 6.80. The van der Waals surface area contributed by atoms with E-state index in [4.69, 9.17) is 9.52 Å². The highest BCUT2D eigenvalue weighted by molar-refractivity contribution is 5.84. The molecular formula is C14H22N2O3. The summed E-state index contributed by atoms with van der Waals surface area (Å²) in [6.45, 7) is 11.2. The van der Waals surface area contributed by atoms with Gasteiger partial charge in [-0.3, -0.25) is 9.80 Å². The van der Waals surface area contributed by atoms with Crippen LogP contribution in [-0.2, 0) is 6.54 Å². The van der Waals surface area contributed by atoms with E-state index in [1.165, 1.54) is 0 Å². The molecule has 0 bridgehead atoms. The zero-order valence-electron chi connectivity index (χ0n) is 11.8. The molecule has 0 aliphatic carbocycles. The van der Waals surface area contributed by atoms with Crippen LogP contribution in [0.15, 0.2) is 10.5 Å². The van der Waals surface area contributed by atoms with Crippen molar-refractivity contribution < 1.29 is 14.3 Å². The highest BCUT2D eigenvalue weighted by atomic mass is 16.4. The van der Waals surface area contributed by atoms with Crippen molar-refractivity contribution in [2.24, 2.45) is 0 Å². The monoisotopic (exact) mass is 266 g/mol. The van der Waals surface area contributed by atoms with Crippen LogP contribution < -0.4 is 0 Å². The summed E-state index contributed by atoms with van der Waals surface area (Å²) in [6, 6.07) is 2.19. The van der Waals surface area contributed by atoms with Crippen molar-refractivity contribution in [3.8, 4) is 0 Å². The molecule has 0 radical (unpaired) electrons. The quantitative estimate of drug-likeness (QED) is 0.900. The summed E-state index contributed by atoms with van der Waals surface area (Å²) in [7, 11) is 0. The lowest BCUT2D eigenvalue weighted by molar-refractivity contribution is 0.0661. The first-order valence-electron chi connectivity index (χ1n) is 6.80. The van der Waals surface area contributed by atoms with Crippen LogP contribution in [0, 0.1) is 6.92 Å². The van der Waals surface area contributed by atoms with Gasteiger partial charge in [0.05, 0.1) is 0 Å². The molecule has 1 aliphatic rings. The van der Waals surface area contributed by atoms with E-state index in [1.807, 2.05) is 6.92 Å². The molecule has 1 aliphatic heterocycles. The van der Waals surface area contributed by atoms with Crippen LogP contribution in [0.1, 0.15) is 35.7 Å². The minimum Gasteiger partial charge on any atom is -0.475 e. The van der Waals surface area contributed by atoms with Crippen molar-refractivity contribution in [1.29, 1.82) is 0 Å². The van der Waals surface area contributed by atoms with Gasteiger partial charge in [-0.1, -0.05) is 6.92 Å². The van der Waals surface area contributed by atoms with Crippen LogP contribution in [0.5, 0.6) is 0 Å². The molecule has 1 atom stereocenters. The van der Waals surface area contributed by atoms with E-state index in [0.717, 1.165) is 38.3 Å². The first-order chi connectivity index (χ1) is 9.01. The molecule has 0 amide bonds. The van der Waals surface area contributed by atoms with Gasteiger partial charge >= 0.3 is 5.97 Å². The van der Waals surface area contributed by atoms with Gasteiger partial charge in [-0.05, 0) is 26.5 Å². The second-order valence-electron chi connectivity index (χ2n) is 5.21. The maximum Gasteiger partial charge on any atom is 0.371 e. The van der Waals surface area contributed by atoms with E-state index in [1.54, 1.807) is 6.07 Å². The second-order valence-corrected chi connectivity index (χ2v) is 5.21. The fourth-order valence-corrected chi connectivity index (χ4v) is 2.71. The number of carboxylic acid groups (broad SMARTS) is 1. The van der Waals surface area contributed by atoms with E-state index >= 15 is 0 Å². The standard InChI is InChI=1S/C14H22N2O3/c1-4-16-6-5-15(8-10(16)2)9-12-7-13(14(17)18)19-11(12)3/h7,10H,4-6,8-9H2,1-3H3,(H,17,18). The Hall–Kier alpha value is -1.33. The van der Waals surface area contributed by atoms with Gasteiger partial charge in [0.15, 0.2) is 0 Å². The van der Waals surface area contributed by atoms with Gasteiger partial charge in [0.25, 0.3) is 0 Å². The van der Waals surface area contributed by atoms with Crippen molar-refractivity contribution in [2.75, 3.05) is 26.2 Å². The lowest BCUT2D eigenvalue weighted by atomic mass is 10.1. The Balaban J connectivity index is 2.00. The molecule has 1 aromatic heterocycles. The highest BCUT2D eigenvalue weighted by Crippen LogP contribution is 2.19. The van der Waals surface area contributed by atoms with Gasteiger partial charge < -0.3 is 9.52 Å². The van der Waals surface area contributed by atoms with Gasteiger partial charge in [0, 0.05) is 37.8 Å². The van der Waals surface area contributed by atoms with Crippen LogP contribution in [0.2, 0.25) is 0 Å². The third kappa shape index (κ3) is 3.16. The Kier molecular flexibility index (Phi) is 4.27. The van der Waals surface area contributed by atoms with Crippen LogP contribution >= 0.6 is 0 Å². The van der Waals surface area contributed by atoms with Gasteiger partial charge in [-0.2, -0.15) is 0 Å². The summed E-state index contributed by atoms with van der Waals surface area (Å²) in [6.07, 6.45) is 0. The summed E-state index contributed by atoms with van der Waals surface area (Å²) >= 11 is 0. The number of aromatic carboxylic acids is 1. The number of nitrogens with zero attached hydrogens (tertiary/aromatic N) is 2. The van der Waals surface area contributed by atoms with Crippen molar-refractivity contribution >= 4 is 5.97 Å². The average molecular weight is 266 g/mol. The Morgan fingerprint density at radius 3 is 2.79 bits per heavy atom. The molecular weight excluding hydrogens is 244 g/mol. The Morgan fingerprint density at radius 1 is 1.53 bits per heavy atom. The number of carbonyl (C=O) groups is 1. The maximum atomic E-state index is 10.9. The molecule has 1 unspecified atom stereocenters. The van der Waals surface area contributed by atoms with E-state index in [0.29, 0.717) is 11.8 Å². The summed E-state index contributed by atoms with van der Waals surface area (Å²) < 4.78 is 5.25. The molecule has 5 heteroatoms. The molecule has 1 N–H and O–H groups in total. The third-order valence-corrected chi connectivity index (χ3v) is 3.88. The van der Waals surface area contributed by atoms with Crippen molar-refractivity contribution in [1.82, 2.24) is 9.80 Å². The highest BCUT2D eigenvalue weighted by Gasteiger charge is 2.23. The number of rotatable bonds is 4. The van der Waals surface area contributed by atoms with Crippen molar-refractivity contribution in [2.45, 2.75) is 33.4 Å². The Labute approximate surface area is 113 Å². The second kappa shape index (κ2) is 5.75. The summed E-state index contributed by atoms with van der Waals surface area (Å²) in [5.74, 6) is -0.255. The third-order valence-electron chi connectivity index (χ3n) is 3.88. The molecule has 5 nitrogen and oxygen atoms in total. The molecule has 1 saturated heterocycles. The van der Waals surface area contributed by atoms with Crippen LogP contribution in [-0.4, -0.2) is 53.1 Å². The number of aryl methyl sites for hydroxylation is 1. The lowest BCUT2D eigenvalue weighted by Crippen LogP contribution is -2.51. The van der Waals surface area contributed by atoms with E-state index in [9.17, 15) is 4.79 Å². The molecule has 2 heterocycles. The number of carboxylic acids is 1. The summed E-state index contributed by atoms with van der Waals surface area (Å²) in [4.78, 5) is 15.7. The van der Waals surface area contributed by atoms with Gasteiger partial charge in [0.2, 0.25) is 5.76 Å². The topological polar surface area (TPSA) is 56.9 Å². The normalized spacial score (nSPS) is 21.7. The minimum absolute atomic E-state index is 0.0349. The van der Waals surface area contributed by atoms with Crippen LogP contribution in [0.25, 0.3) is 0 Å². The lowest BCUT2D eigenvalue weighted by Gasteiger charge is -2.39. The molecule has 0 saturated carbocycles. The number of hydrogen-bond donors (Lipinski definition) is 1. The van der Waals surface area contributed by atoms with Gasteiger partial charge in [-0.15, -0.1) is 0 Å². The molecule has 0 aromatic carbocycles. The fourth-order valence-electron chi connectivity index (χ4n) is 2.71. The molecule has 1 fully saturated rings. The van der Waals surface area contributed by atoms with E-state index < -0.39 is 5.97 Å². The SMILES string of the molecule is CCN1CCN(Cc2cc(C(=O)O)oc2C)CC1C. The summed E-state index contributed by atoms with van der Waals surface area (Å²) in [5.41, 5.74) is 0.981. The van der Waals surface area contributed by atoms with Crippen molar-refractivity contribution in [3.05, 3.63) is 23.2 Å². The summed E-state index contributed by atoms with van der Waals surface area (Å²) in [5, 5.41) is 8.92. The number of furan rings is 1.